The number of nitrogens with zero attached hydrogens (tertiary/aromatic N) is 2. The average molecular weight is 681 g/mol. The predicted molar refractivity (Wildman–Crippen MR) is 176 cm³/mol. The number of halogens is 3. The molecular weight excluding hydrogens is 645 g/mol. The molecule has 0 saturated heterocycles. The molecule has 1 fully saturated rings. The second-order valence-corrected chi connectivity index (χ2v) is 14.1. The Kier molecular flexibility index (Phi) is 11.8. The predicted octanol–water partition coefficient (Wildman–Crippen LogP) is 6.51. The van der Waals surface area contributed by atoms with Crippen LogP contribution in [0.3, 0.4) is 0 Å². The Morgan fingerprint density at radius 2 is 1.61 bits per heavy atom. The molecule has 0 aliphatic heterocycles. The normalized spacial score (nSPS) is 14.5. The third-order valence-electron chi connectivity index (χ3n) is 7.67. The van der Waals surface area contributed by atoms with E-state index in [9.17, 15) is 18.0 Å². The largest absolute Gasteiger partial charge is 0.495 e. The third kappa shape index (κ3) is 9.03. The van der Waals surface area contributed by atoms with E-state index in [2.05, 4.69) is 5.32 Å². The minimum absolute atomic E-state index is 0.00571. The molecule has 4 rings (SSSR count). The number of methoxy groups -OCH3 is 1. The van der Waals surface area contributed by atoms with E-state index < -0.39 is 28.5 Å². The zero-order chi connectivity index (χ0) is 31.9. The lowest BCUT2D eigenvalue weighted by Gasteiger charge is -2.35. The maximum absolute atomic E-state index is 14.4. The first-order chi connectivity index (χ1) is 21.0. The van der Waals surface area contributed by atoms with Gasteiger partial charge in [0, 0.05) is 34.1 Å². The highest BCUT2D eigenvalue weighted by molar-refractivity contribution is 7.92. The van der Waals surface area contributed by atoms with Gasteiger partial charge in [0.05, 0.1) is 19.1 Å². The van der Waals surface area contributed by atoms with Crippen molar-refractivity contribution >= 4 is 62.3 Å². The average Bonchev–Trinajstić information content (AvgIpc) is 2.99. The van der Waals surface area contributed by atoms with Crippen LogP contribution in [-0.2, 0) is 32.6 Å². The summed E-state index contributed by atoms with van der Waals surface area (Å²) in [6.07, 6.45) is 6.07. The zero-order valence-electron chi connectivity index (χ0n) is 24.6. The van der Waals surface area contributed by atoms with Crippen LogP contribution in [0.15, 0.2) is 66.7 Å². The van der Waals surface area contributed by atoms with E-state index in [4.69, 9.17) is 39.5 Å². The highest BCUT2D eigenvalue weighted by Gasteiger charge is 2.35. The molecule has 12 heteroatoms. The van der Waals surface area contributed by atoms with Crippen molar-refractivity contribution in [2.45, 2.75) is 57.2 Å². The van der Waals surface area contributed by atoms with Gasteiger partial charge in [0.2, 0.25) is 21.8 Å². The van der Waals surface area contributed by atoms with E-state index in [1.165, 1.54) is 24.1 Å². The molecule has 0 aromatic heterocycles. The second kappa shape index (κ2) is 15.3. The summed E-state index contributed by atoms with van der Waals surface area (Å²) in [5.41, 5.74) is 1.50. The number of sulfonamides is 1. The lowest BCUT2D eigenvalue weighted by molar-refractivity contribution is -0.140. The Morgan fingerprint density at radius 3 is 2.25 bits per heavy atom. The van der Waals surface area contributed by atoms with Crippen molar-refractivity contribution in [2.75, 3.05) is 24.2 Å². The van der Waals surface area contributed by atoms with E-state index >= 15 is 0 Å². The molecule has 1 N–H and O–H groups in total. The number of carbonyl (C=O) groups is 2. The summed E-state index contributed by atoms with van der Waals surface area (Å²) >= 11 is 18.9. The molecule has 1 saturated carbocycles. The maximum Gasteiger partial charge on any atom is 0.244 e. The number of amides is 2. The van der Waals surface area contributed by atoms with Crippen LogP contribution in [0.2, 0.25) is 15.1 Å². The first-order valence-electron chi connectivity index (χ1n) is 14.3. The van der Waals surface area contributed by atoms with Crippen molar-refractivity contribution < 1.29 is 22.7 Å². The summed E-state index contributed by atoms with van der Waals surface area (Å²) in [7, 11) is -2.61. The van der Waals surface area contributed by atoms with Gasteiger partial charge in [-0.15, -0.1) is 0 Å². The number of benzene rings is 3. The molecule has 1 unspecified atom stereocenters. The first kappa shape index (κ1) is 33.9. The Labute approximate surface area is 274 Å². The van der Waals surface area contributed by atoms with Crippen molar-refractivity contribution in [2.24, 2.45) is 0 Å². The van der Waals surface area contributed by atoms with E-state index in [-0.39, 0.29) is 41.4 Å². The van der Waals surface area contributed by atoms with Crippen LogP contribution in [0.25, 0.3) is 0 Å². The van der Waals surface area contributed by atoms with Crippen LogP contribution in [0, 0.1) is 0 Å². The van der Waals surface area contributed by atoms with Gasteiger partial charge in [0.1, 0.15) is 18.3 Å². The van der Waals surface area contributed by atoms with Crippen LogP contribution >= 0.6 is 34.8 Å². The number of rotatable bonds is 12. The highest BCUT2D eigenvalue weighted by Crippen LogP contribution is 2.33. The van der Waals surface area contributed by atoms with Crippen molar-refractivity contribution in [1.82, 2.24) is 10.2 Å². The fraction of sp³-hybridized carbons (Fsp3) is 0.375. The van der Waals surface area contributed by atoms with E-state index in [0.717, 1.165) is 48.2 Å². The molecule has 0 bridgehead atoms. The molecule has 8 nitrogen and oxygen atoms in total. The molecular formula is C32H36Cl3N3O5S. The second-order valence-electron chi connectivity index (χ2n) is 10.9. The van der Waals surface area contributed by atoms with Crippen molar-refractivity contribution in [3.05, 3.63) is 92.9 Å². The molecule has 2 amide bonds. The Hall–Kier alpha value is -2.98. The fourth-order valence-electron chi connectivity index (χ4n) is 5.38. The van der Waals surface area contributed by atoms with Gasteiger partial charge in [-0.1, -0.05) is 90.5 Å². The topological polar surface area (TPSA) is 96.0 Å². The number of hydrogen-bond acceptors (Lipinski definition) is 5. The standard InChI is InChI=1S/C32H36Cl3N3O5S/c1-43-30-16-15-25(34)19-28(30)38(44(2,41)42)21-31(39)37(20-23-13-14-24(33)18-27(23)35)29(17-22-9-5-3-6-10-22)32(40)36-26-11-7-4-8-12-26/h3,5-6,9-10,13-16,18-19,26,29H,4,7-8,11-12,17,20-21H2,1-2H3,(H,36,40). The van der Waals surface area contributed by atoms with Crippen LogP contribution in [0.5, 0.6) is 5.75 Å². The van der Waals surface area contributed by atoms with E-state index in [1.807, 2.05) is 30.3 Å². The summed E-state index contributed by atoms with van der Waals surface area (Å²) in [4.78, 5) is 29.8. The molecule has 236 valence electrons. The molecule has 3 aromatic rings. The molecule has 3 aromatic carbocycles. The van der Waals surface area contributed by atoms with Gasteiger partial charge >= 0.3 is 0 Å². The Morgan fingerprint density at radius 1 is 0.955 bits per heavy atom. The summed E-state index contributed by atoms with van der Waals surface area (Å²) < 4.78 is 32.6. The van der Waals surface area contributed by atoms with Gasteiger partial charge in [-0.3, -0.25) is 13.9 Å². The molecule has 1 aliphatic carbocycles. The molecule has 0 radical (unpaired) electrons. The number of anilines is 1. The number of carbonyl (C=O) groups excluding carboxylic acids is 2. The van der Waals surface area contributed by atoms with Crippen LogP contribution < -0.4 is 14.4 Å². The fourth-order valence-corrected chi connectivity index (χ4v) is 6.86. The minimum atomic E-state index is -4.01. The smallest absolute Gasteiger partial charge is 0.244 e. The van der Waals surface area contributed by atoms with Crippen molar-refractivity contribution in [1.29, 1.82) is 0 Å². The SMILES string of the molecule is COc1ccc(Cl)cc1N(CC(=O)N(Cc1ccc(Cl)cc1Cl)C(Cc1ccccc1)C(=O)NC1CCCCC1)S(C)(=O)=O. The zero-order valence-corrected chi connectivity index (χ0v) is 27.7. The summed E-state index contributed by atoms with van der Waals surface area (Å²) in [6, 6.07) is 17.8. The summed E-state index contributed by atoms with van der Waals surface area (Å²) in [5.74, 6) is -0.704. The van der Waals surface area contributed by atoms with Crippen molar-refractivity contribution in [3.8, 4) is 5.75 Å². The van der Waals surface area contributed by atoms with E-state index in [0.29, 0.717) is 15.6 Å². The molecule has 1 atom stereocenters. The maximum atomic E-state index is 14.4. The van der Waals surface area contributed by atoms with Crippen LogP contribution in [0.4, 0.5) is 5.69 Å². The van der Waals surface area contributed by atoms with Gasteiger partial charge in [-0.2, -0.15) is 0 Å². The van der Waals surface area contributed by atoms with Gasteiger partial charge < -0.3 is 15.0 Å². The van der Waals surface area contributed by atoms with Gasteiger partial charge in [0.25, 0.3) is 0 Å². The van der Waals surface area contributed by atoms with Gasteiger partial charge in [-0.25, -0.2) is 8.42 Å². The van der Waals surface area contributed by atoms with E-state index in [1.54, 1.807) is 24.3 Å². The molecule has 44 heavy (non-hydrogen) atoms. The van der Waals surface area contributed by atoms with Crippen LogP contribution in [-0.4, -0.2) is 57.1 Å². The lowest BCUT2D eigenvalue weighted by Crippen LogP contribution is -2.55. The summed E-state index contributed by atoms with van der Waals surface area (Å²) in [6.45, 7) is -0.669. The first-order valence-corrected chi connectivity index (χ1v) is 17.3. The minimum Gasteiger partial charge on any atom is -0.495 e. The third-order valence-corrected chi connectivity index (χ3v) is 9.62. The van der Waals surface area contributed by atoms with Crippen LogP contribution in [0.1, 0.15) is 43.2 Å². The van der Waals surface area contributed by atoms with Gasteiger partial charge in [0.15, 0.2) is 0 Å². The Balaban J connectivity index is 1.78. The number of hydrogen-bond donors (Lipinski definition) is 1. The molecule has 0 heterocycles. The monoisotopic (exact) mass is 679 g/mol. The van der Waals surface area contributed by atoms with Gasteiger partial charge in [-0.05, 0) is 54.3 Å². The number of nitrogens with one attached hydrogen (secondary N) is 1. The number of ether oxygens (including phenoxy) is 1. The summed E-state index contributed by atoms with van der Waals surface area (Å²) in [5, 5.41) is 4.17. The lowest BCUT2D eigenvalue weighted by atomic mass is 9.94. The van der Waals surface area contributed by atoms with Crippen molar-refractivity contribution in [3.63, 3.8) is 0 Å². The highest BCUT2D eigenvalue weighted by atomic mass is 35.5. The molecule has 1 aliphatic rings. The molecule has 0 spiro atoms. The quantitative estimate of drug-likeness (QED) is 0.235. The Bertz CT molecular complexity index is 1570.